The highest BCUT2D eigenvalue weighted by atomic mass is 16.8. The maximum atomic E-state index is 13.8. The lowest BCUT2D eigenvalue weighted by Crippen LogP contribution is -2.72. The average Bonchev–Trinajstić information content (AvgIpc) is 3.42. The summed E-state index contributed by atoms with van der Waals surface area (Å²) < 4.78 is 23.5. The molecule has 4 saturated carbocycles. The summed E-state index contributed by atoms with van der Waals surface area (Å²) in [6, 6.07) is 0. The summed E-state index contributed by atoms with van der Waals surface area (Å²) >= 11 is 0. The third-order valence-electron chi connectivity index (χ3n) is 12.7. The van der Waals surface area contributed by atoms with Crippen LogP contribution in [-0.4, -0.2) is 86.5 Å². The van der Waals surface area contributed by atoms with Gasteiger partial charge in [-0.2, -0.15) is 0 Å². The number of carbonyl (C=O) groups is 2. The predicted octanol–water partition coefficient (Wildman–Crippen LogP) is 1.51. The highest BCUT2D eigenvalue weighted by molar-refractivity contribution is 5.86. The molecule has 10 nitrogen and oxygen atoms in total. The van der Waals surface area contributed by atoms with Crippen LogP contribution in [0.25, 0.3) is 0 Å². The predicted molar refractivity (Wildman–Crippen MR) is 137 cm³/mol. The minimum Gasteiger partial charge on any atom is -0.458 e. The smallest absolute Gasteiger partial charge is 0.331 e. The van der Waals surface area contributed by atoms with Crippen molar-refractivity contribution in [1.82, 2.24) is 0 Å². The standard InChI is InChI=1S/C30H42O10/c1-15-10-23(32)30(36)25(38-15)39-21-11-17-4-5-20-19(27(17,16(2)31)13-22(21)40-30)6-7-26(3)28(34,8-9-29(20,26)35)18-12-24(33)37-14-18/h12,15,17,19-23,25,32,34-36H,4-11,13-14H2,1-3H3. The van der Waals surface area contributed by atoms with Crippen LogP contribution in [0.2, 0.25) is 0 Å². The molecule has 7 aliphatic rings. The fourth-order valence-electron chi connectivity index (χ4n) is 10.6. The van der Waals surface area contributed by atoms with Gasteiger partial charge in [-0.1, -0.05) is 6.92 Å². The van der Waals surface area contributed by atoms with E-state index >= 15 is 0 Å². The number of ether oxygens (including phenoxy) is 4. The Hall–Kier alpha value is -1.40. The van der Waals surface area contributed by atoms with Gasteiger partial charge < -0.3 is 39.4 Å². The molecule has 13 atom stereocenters. The Labute approximate surface area is 234 Å². The Morgan fingerprint density at radius 3 is 2.48 bits per heavy atom. The maximum absolute atomic E-state index is 13.8. The number of Topliss-reactive ketones (excluding diaryl/α,β-unsaturated/α-hetero) is 1. The number of esters is 1. The summed E-state index contributed by atoms with van der Waals surface area (Å²) in [5.74, 6) is -2.76. The maximum Gasteiger partial charge on any atom is 0.331 e. The molecule has 0 amide bonds. The Kier molecular flexibility index (Phi) is 5.89. The summed E-state index contributed by atoms with van der Waals surface area (Å²) in [5.41, 5.74) is -3.73. The van der Waals surface area contributed by atoms with Crippen LogP contribution in [0.15, 0.2) is 11.6 Å². The molecule has 13 unspecified atom stereocenters. The van der Waals surface area contributed by atoms with Gasteiger partial charge in [0.15, 0.2) is 0 Å². The van der Waals surface area contributed by atoms with Gasteiger partial charge in [0.2, 0.25) is 12.1 Å². The summed E-state index contributed by atoms with van der Waals surface area (Å²) in [4.78, 5) is 25.7. The molecule has 4 aliphatic carbocycles. The van der Waals surface area contributed by atoms with Gasteiger partial charge in [0.25, 0.3) is 0 Å². The largest absolute Gasteiger partial charge is 0.458 e. The molecule has 7 rings (SSSR count). The van der Waals surface area contributed by atoms with E-state index in [1.807, 2.05) is 13.8 Å². The fraction of sp³-hybridized carbons (Fsp3) is 0.867. The molecule has 0 spiro atoms. The average molecular weight is 563 g/mol. The first-order valence-electron chi connectivity index (χ1n) is 15.0. The van der Waals surface area contributed by atoms with E-state index in [4.69, 9.17) is 18.9 Å². The van der Waals surface area contributed by atoms with Crippen molar-refractivity contribution in [3.8, 4) is 0 Å². The van der Waals surface area contributed by atoms with Gasteiger partial charge >= 0.3 is 5.97 Å². The molecule has 0 radical (unpaired) electrons. The van der Waals surface area contributed by atoms with Gasteiger partial charge in [-0.15, -0.1) is 0 Å². The van der Waals surface area contributed by atoms with Crippen molar-refractivity contribution in [3.05, 3.63) is 11.6 Å². The molecule has 4 N–H and O–H groups in total. The van der Waals surface area contributed by atoms with E-state index < -0.39 is 52.3 Å². The molecule has 0 bridgehead atoms. The van der Waals surface area contributed by atoms with Gasteiger partial charge in [0, 0.05) is 28.9 Å². The number of ketones is 1. The van der Waals surface area contributed by atoms with Gasteiger partial charge in [-0.05, 0) is 83.0 Å². The van der Waals surface area contributed by atoms with Gasteiger partial charge in [0.1, 0.15) is 18.5 Å². The molecular weight excluding hydrogens is 520 g/mol. The third kappa shape index (κ3) is 3.24. The van der Waals surface area contributed by atoms with Crippen LogP contribution in [0.1, 0.15) is 78.6 Å². The van der Waals surface area contributed by atoms with Crippen molar-refractivity contribution in [2.75, 3.05) is 6.61 Å². The van der Waals surface area contributed by atoms with E-state index in [0.717, 1.165) is 12.8 Å². The molecule has 40 heavy (non-hydrogen) atoms. The number of hydrogen-bond acceptors (Lipinski definition) is 10. The van der Waals surface area contributed by atoms with Crippen molar-refractivity contribution in [2.45, 2.75) is 126 Å². The van der Waals surface area contributed by atoms with E-state index in [0.29, 0.717) is 44.1 Å². The molecule has 0 aromatic heterocycles. The molecule has 6 fully saturated rings. The molecular formula is C30H42O10. The van der Waals surface area contributed by atoms with E-state index in [1.54, 1.807) is 6.92 Å². The van der Waals surface area contributed by atoms with Crippen LogP contribution >= 0.6 is 0 Å². The van der Waals surface area contributed by atoms with E-state index in [2.05, 4.69) is 0 Å². The second kappa shape index (κ2) is 8.58. The van der Waals surface area contributed by atoms with E-state index in [-0.39, 0.29) is 48.8 Å². The number of hydrogen-bond donors (Lipinski definition) is 4. The molecule has 2 saturated heterocycles. The van der Waals surface area contributed by atoms with Crippen LogP contribution in [0.4, 0.5) is 0 Å². The van der Waals surface area contributed by atoms with Crippen molar-refractivity contribution in [1.29, 1.82) is 0 Å². The molecule has 3 aliphatic heterocycles. The number of rotatable bonds is 2. The minimum atomic E-state index is -2.01. The Bertz CT molecular complexity index is 1160. The first-order valence-corrected chi connectivity index (χ1v) is 15.0. The number of carbonyl (C=O) groups excluding carboxylic acids is 2. The summed E-state index contributed by atoms with van der Waals surface area (Å²) in [5, 5.41) is 46.6. The quantitative estimate of drug-likeness (QED) is 0.288. The van der Waals surface area contributed by atoms with Crippen LogP contribution in [0.3, 0.4) is 0 Å². The zero-order chi connectivity index (χ0) is 28.5. The van der Waals surface area contributed by atoms with Crippen LogP contribution in [0.5, 0.6) is 0 Å². The number of fused-ring (bicyclic) bond motifs is 7. The fourth-order valence-corrected chi connectivity index (χ4v) is 10.6. The lowest BCUT2D eigenvalue weighted by Gasteiger charge is -2.66. The summed E-state index contributed by atoms with van der Waals surface area (Å²) in [6.45, 7) is 5.42. The van der Waals surface area contributed by atoms with Gasteiger partial charge in [0.05, 0.1) is 29.5 Å². The summed E-state index contributed by atoms with van der Waals surface area (Å²) in [7, 11) is 0. The second-order valence-corrected chi connectivity index (χ2v) is 14.1. The zero-order valence-electron chi connectivity index (χ0n) is 23.5. The van der Waals surface area contributed by atoms with Gasteiger partial charge in [-0.25, -0.2) is 4.79 Å². The van der Waals surface area contributed by atoms with Crippen molar-refractivity contribution >= 4 is 11.8 Å². The first kappa shape index (κ1) is 27.4. The second-order valence-electron chi connectivity index (χ2n) is 14.1. The van der Waals surface area contributed by atoms with Gasteiger partial charge in [-0.3, -0.25) is 4.79 Å². The zero-order valence-corrected chi connectivity index (χ0v) is 23.5. The molecule has 0 aromatic carbocycles. The Balaban J connectivity index is 1.22. The van der Waals surface area contributed by atoms with Crippen LogP contribution in [0, 0.1) is 28.6 Å². The summed E-state index contributed by atoms with van der Waals surface area (Å²) in [6.07, 6.45) is 2.22. The van der Waals surface area contributed by atoms with Crippen LogP contribution in [-0.2, 0) is 28.5 Å². The van der Waals surface area contributed by atoms with E-state index in [9.17, 15) is 30.0 Å². The highest BCUT2D eigenvalue weighted by Gasteiger charge is 2.74. The molecule has 3 heterocycles. The first-order chi connectivity index (χ1) is 18.8. The normalized spacial score (nSPS) is 57.1. The van der Waals surface area contributed by atoms with Crippen molar-refractivity contribution in [3.63, 3.8) is 0 Å². The lowest BCUT2D eigenvalue weighted by atomic mass is 9.41. The number of aliphatic hydroxyl groups excluding tert-OH is 1. The van der Waals surface area contributed by atoms with Crippen molar-refractivity contribution < 1.29 is 49.0 Å². The molecule has 222 valence electrons. The Morgan fingerprint density at radius 1 is 1.00 bits per heavy atom. The van der Waals surface area contributed by atoms with Crippen molar-refractivity contribution in [2.24, 2.45) is 28.6 Å². The third-order valence-corrected chi connectivity index (χ3v) is 12.7. The monoisotopic (exact) mass is 562 g/mol. The lowest BCUT2D eigenvalue weighted by molar-refractivity contribution is -0.457. The molecule has 0 aromatic rings. The van der Waals surface area contributed by atoms with E-state index in [1.165, 1.54) is 6.08 Å². The number of aliphatic hydroxyl groups is 4. The SMILES string of the molecule is CC(=O)C12CC3OC4(O)C(O)CC(C)OC4OC3CC1CCC1C2CCC2(C)C(O)(C3=CC(=O)OC3)CCC12O. The van der Waals surface area contributed by atoms with Crippen LogP contribution < -0.4 is 0 Å². The number of cyclic esters (lactones) is 1. The molecule has 10 heteroatoms. The Morgan fingerprint density at radius 2 is 1.77 bits per heavy atom. The minimum absolute atomic E-state index is 0.0186. The topological polar surface area (TPSA) is 152 Å². The highest BCUT2D eigenvalue weighted by Crippen LogP contribution is 2.71.